The summed E-state index contributed by atoms with van der Waals surface area (Å²) in [5.41, 5.74) is 3.44. The van der Waals surface area contributed by atoms with Gasteiger partial charge < -0.3 is 14.8 Å². The van der Waals surface area contributed by atoms with Crippen molar-refractivity contribution in [2.24, 2.45) is 5.10 Å². The molecule has 3 rings (SSSR count). The molecule has 28 heavy (non-hydrogen) atoms. The van der Waals surface area contributed by atoms with Gasteiger partial charge in [0.2, 0.25) is 0 Å². The Morgan fingerprint density at radius 3 is 2.43 bits per heavy atom. The Hall–Kier alpha value is -3.87. The molecule has 3 aromatic carbocycles. The molecule has 0 atom stereocenters. The van der Waals surface area contributed by atoms with Gasteiger partial charge in [0.05, 0.1) is 20.4 Å². The van der Waals surface area contributed by atoms with Gasteiger partial charge in [-0.2, -0.15) is 5.10 Å². The Bertz CT molecular complexity index is 1040. The van der Waals surface area contributed by atoms with Gasteiger partial charge in [0, 0.05) is 11.1 Å². The summed E-state index contributed by atoms with van der Waals surface area (Å²) in [5, 5.41) is 8.23. The van der Waals surface area contributed by atoms with Gasteiger partial charge in [-0.25, -0.2) is 5.43 Å². The molecule has 3 aromatic rings. The van der Waals surface area contributed by atoms with E-state index in [1.807, 2.05) is 36.4 Å². The average Bonchev–Trinajstić information content (AvgIpc) is 2.73. The Morgan fingerprint density at radius 1 is 0.893 bits per heavy atom. The Balaban J connectivity index is 1.64. The van der Waals surface area contributed by atoms with Crippen LogP contribution in [-0.2, 0) is 9.59 Å². The SMILES string of the molecule is COc1ccc(/C=N\NC(=O)C(=O)Nc2cccc3ccccc23)cc1OC. The molecule has 0 aliphatic carbocycles. The minimum absolute atomic E-state index is 0.534. The number of benzene rings is 3. The number of nitrogens with zero attached hydrogens (tertiary/aromatic N) is 1. The number of methoxy groups -OCH3 is 2. The number of ether oxygens (including phenoxy) is 2. The number of hydrogen-bond acceptors (Lipinski definition) is 5. The predicted molar refractivity (Wildman–Crippen MR) is 108 cm³/mol. The van der Waals surface area contributed by atoms with Crippen LogP contribution in [0.1, 0.15) is 5.56 Å². The van der Waals surface area contributed by atoms with E-state index in [2.05, 4.69) is 15.8 Å². The van der Waals surface area contributed by atoms with Crippen LogP contribution >= 0.6 is 0 Å². The van der Waals surface area contributed by atoms with Gasteiger partial charge >= 0.3 is 11.8 Å². The third kappa shape index (κ3) is 4.27. The van der Waals surface area contributed by atoms with Gasteiger partial charge in [0.25, 0.3) is 0 Å². The number of hydrogen-bond donors (Lipinski definition) is 2. The van der Waals surface area contributed by atoms with Gasteiger partial charge in [-0.3, -0.25) is 9.59 Å². The lowest BCUT2D eigenvalue weighted by atomic mass is 10.1. The van der Waals surface area contributed by atoms with Crippen LogP contribution < -0.4 is 20.2 Å². The van der Waals surface area contributed by atoms with Crippen LogP contribution in [0.3, 0.4) is 0 Å². The molecule has 2 amide bonds. The van der Waals surface area contributed by atoms with Crippen LogP contribution in [0.5, 0.6) is 11.5 Å². The summed E-state index contributed by atoms with van der Waals surface area (Å²) in [7, 11) is 3.07. The van der Waals surface area contributed by atoms with Crippen LogP contribution in [0.25, 0.3) is 10.8 Å². The van der Waals surface area contributed by atoms with E-state index in [-0.39, 0.29) is 0 Å². The molecule has 0 spiro atoms. The minimum Gasteiger partial charge on any atom is -0.493 e. The first kappa shape index (κ1) is 18.9. The number of carbonyl (C=O) groups excluding carboxylic acids is 2. The number of fused-ring (bicyclic) bond motifs is 1. The van der Waals surface area contributed by atoms with E-state index in [0.717, 1.165) is 10.8 Å². The maximum absolute atomic E-state index is 12.1. The summed E-state index contributed by atoms with van der Waals surface area (Å²) < 4.78 is 10.4. The lowest BCUT2D eigenvalue weighted by Crippen LogP contribution is -2.32. The zero-order valence-corrected chi connectivity index (χ0v) is 15.4. The first-order chi connectivity index (χ1) is 13.6. The highest BCUT2D eigenvalue weighted by molar-refractivity contribution is 6.40. The van der Waals surface area contributed by atoms with E-state index in [1.54, 1.807) is 31.4 Å². The molecule has 2 N–H and O–H groups in total. The molecule has 0 radical (unpaired) electrons. The monoisotopic (exact) mass is 377 g/mol. The molecule has 0 saturated heterocycles. The summed E-state index contributed by atoms with van der Waals surface area (Å²) in [5.74, 6) is -0.560. The van der Waals surface area contributed by atoms with E-state index < -0.39 is 11.8 Å². The zero-order valence-electron chi connectivity index (χ0n) is 15.4. The Morgan fingerprint density at radius 2 is 1.64 bits per heavy atom. The summed E-state index contributed by atoms with van der Waals surface area (Å²) in [6.07, 6.45) is 1.41. The van der Waals surface area contributed by atoms with Crippen molar-refractivity contribution in [3.05, 3.63) is 66.2 Å². The highest BCUT2D eigenvalue weighted by atomic mass is 16.5. The van der Waals surface area contributed by atoms with Crippen molar-refractivity contribution in [2.75, 3.05) is 19.5 Å². The third-order valence-corrected chi connectivity index (χ3v) is 4.03. The molecule has 7 nitrogen and oxygen atoms in total. The smallest absolute Gasteiger partial charge is 0.329 e. The number of hydrazone groups is 1. The van der Waals surface area contributed by atoms with Crippen LogP contribution in [0.4, 0.5) is 5.69 Å². The molecule has 0 bridgehead atoms. The van der Waals surface area contributed by atoms with Crippen molar-refractivity contribution in [3.63, 3.8) is 0 Å². The number of rotatable bonds is 5. The molecule has 0 heterocycles. The zero-order chi connectivity index (χ0) is 19.9. The second kappa shape index (κ2) is 8.68. The second-order valence-corrected chi connectivity index (χ2v) is 5.79. The largest absolute Gasteiger partial charge is 0.493 e. The van der Waals surface area contributed by atoms with Crippen LogP contribution in [0.15, 0.2) is 65.8 Å². The summed E-state index contributed by atoms with van der Waals surface area (Å²) in [6, 6.07) is 18.2. The quantitative estimate of drug-likeness (QED) is 0.406. The summed E-state index contributed by atoms with van der Waals surface area (Å²) in [4.78, 5) is 24.2. The lowest BCUT2D eigenvalue weighted by molar-refractivity contribution is -0.136. The van der Waals surface area contributed by atoms with Crippen molar-refractivity contribution < 1.29 is 19.1 Å². The maximum Gasteiger partial charge on any atom is 0.329 e. The molecule has 0 fully saturated rings. The maximum atomic E-state index is 12.1. The molecular formula is C21H19N3O4. The number of nitrogens with one attached hydrogen (secondary N) is 2. The van der Waals surface area contributed by atoms with Gasteiger partial charge in [0.15, 0.2) is 11.5 Å². The fraction of sp³-hybridized carbons (Fsp3) is 0.0952. The fourth-order valence-electron chi connectivity index (χ4n) is 2.66. The molecule has 0 aliphatic rings. The third-order valence-electron chi connectivity index (χ3n) is 4.03. The lowest BCUT2D eigenvalue weighted by Gasteiger charge is -2.08. The summed E-state index contributed by atoms with van der Waals surface area (Å²) >= 11 is 0. The Kier molecular flexibility index (Phi) is 5.86. The molecular weight excluding hydrogens is 358 g/mol. The van der Waals surface area contributed by atoms with E-state index in [4.69, 9.17) is 9.47 Å². The fourth-order valence-corrected chi connectivity index (χ4v) is 2.66. The van der Waals surface area contributed by atoms with Crippen molar-refractivity contribution in [3.8, 4) is 11.5 Å². The van der Waals surface area contributed by atoms with E-state index >= 15 is 0 Å². The Labute approximate surface area is 162 Å². The van der Waals surface area contributed by atoms with E-state index in [0.29, 0.717) is 22.7 Å². The second-order valence-electron chi connectivity index (χ2n) is 5.79. The van der Waals surface area contributed by atoms with Crippen molar-refractivity contribution in [1.82, 2.24) is 5.43 Å². The van der Waals surface area contributed by atoms with Crippen molar-refractivity contribution >= 4 is 34.5 Å². The molecule has 7 heteroatoms. The van der Waals surface area contributed by atoms with E-state index in [1.165, 1.54) is 13.3 Å². The van der Waals surface area contributed by atoms with Crippen LogP contribution in [0.2, 0.25) is 0 Å². The van der Waals surface area contributed by atoms with Gasteiger partial charge in [-0.1, -0.05) is 36.4 Å². The molecule has 0 aliphatic heterocycles. The first-order valence-electron chi connectivity index (χ1n) is 8.46. The topological polar surface area (TPSA) is 89.0 Å². The summed E-state index contributed by atoms with van der Waals surface area (Å²) in [6.45, 7) is 0. The number of amides is 2. The highest BCUT2D eigenvalue weighted by Crippen LogP contribution is 2.27. The molecule has 142 valence electrons. The van der Waals surface area contributed by atoms with Crippen molar-refractivity contribution in [2.45, 2.75) is 0 Å². The standard InChI is InChI=1S/C21H19N3O4/c1-27-18-11-10-14(12-19(18)28-2)13-22-24-21(26)20(25)23-17-9-5-7-15-6-3-4-8-16(15)17/h3-13H,1-2H3,(H,23,25)(H,24,26)/b22-13-. The first-order valence-corrected chi connectivity index (χ1v) is 8.46. The average molecular weight is 377 g/mol. The normalized spacial score (nSPS) is 10.6. The van der Waals surface area contributed by atoms with Gasteiger partial charge in [-0.15, -0.1) is 0 Å². The van der Waals surface area contributed by atoms with E-state index in [9.17, 15) is 9.59 Å². The molecule has 0 unspecified atom stereocenters. The van der Waals surface area contributed by atoms with Crippen LogP contribution in [0, 0.1) is 0 Å². The molecule has 0 aromatic heterocycles. The van der Waals surface area contributed by atoms with Crippen molar-refractivity contribution in [1.29, 1.82) is 0 Å². The van der Waals surface area contributed by atoms with Gasteiger partial charge in [0.1, 0.15) is 0 Å². The van der Waals surface area contributed by atoms with Crippen LogP contribution in [-0.4, -0.2) is 32.2 Å². The molecule has 0 saturated carbocycles. The number of anilines is 1. The minimum atomic E-state index is -0.871. The van der Waals surface area contributed by atoms with Gasteiger partial charge in [-0.05, 0) is 35.2 Å². The highest BCUT2D eigenvalue weighted by Gasteiger charge is 2.14. The number of carbonyl (C=O) groups is 2. The predicted octanol–water partition coefficient (Wildman–Crippen LogP) is 2.95.